The standard InChI is InChI=1S/C12H12BrNO3/c1-2-17-8-5-3-7(4-6-8)9-10(13)12(16)14-11(9)15/h3-6,9-10H,2H2,1H3,(H,14,15,16). The van der Waals surface area contributed by atoms with Crippen LogP contribution < -0.4 is 10.1 Å². The van der Waals surface area contributed by atoms with Gasteiger partial charge in [0, 0.05) is 0 Å². The van der Waals surface area contributed by atoms with Gasteiger partial charge in [-0.2, -0.15) is 0 Å². The van der Waals surface area contributed by atoms with Crippen LogP contribution in [0.15, 0.2) is 24.3 Å². The molecule has 0 aromatic heterocycles. The normalized spacial score (nSPS) is 23.6. The number of benzene rings is 1. The summed E-state index contributed by atoms with van der Waals surface area (Å²) in [7, 11) is 0. The Hall–Kier alpha value is -1.36. The Balaban J connectivity index is 2.22. The number of hydrogen-bond acceptors (Lipinski definition) is 3. The largest absolute Gasteiger partial charge is 0.494 e. The lowest BCUT2D eigenvalue weighted by molar-refractivity contribution is -0.125. The highest BCUT2D eigenvalue weighted by molar-refractivity contribution is 9.10. The lowest BCUT2D eigenvalue weighted by atomic mass is 9.97. The number of carbonyl (C=O) groups is 2. The number of alkyl halides is 1. The number of halogens is 1. The monoisotopic (exact) mass is 297 g/mol. The number of nitrogens with one attached hydrogen (secondary N) is 1. The second-order valence-electron chi connectivity index (χ2n) is 3.73. The number of amides is 2. The molecule has 1 aliphatic heterocycles. The minimum atomic E-state index is -0.493. The second kappa shape index (κ2) is 4.87. The number of carbonyl (C=O) groups excluding carboxylic acids is 2. The zero-order valence-electron chi connectivity index (χ0n) is 9.27. The van der Waals surface area contributed by atoms with E-state index in [1.165, 1.54) is 0 Å². The van der Waals surface area contributed by atoms with Crippen LogP contribution in [0.5, 0.6) is 5.75 Å². The summed E-state index contributed by atoms with van der Waals surface area (Å²) in [6.07, 6.45) is 0. The van der Waals surface area contributed by atoms with Crippen molar-refractivity contribution in [2.75, 3.05) is 6.61 Å². The van der Waals surface area contributed by atoms with E-state index in [1.807, 2.05) is 19.1 Å². The van der Waals surface area contributed by atoms with Crippen molar-refractivity contribution in [3.8, 4) is 5.75 Å². The third-order valence-corrected chi connectivity index (χ3v) is 3.57. The quantitative estimate of drug-likeness (QED) is 0.681. The number of ether oxygens (including phenoxy) is 1. The summed E-state index contributed by atoms with van der Waals surface area (Å²) in [5.41, 5.74) is 0.804. The SMILES string of the molecule is CCOc1ccc(C2C(=O)NC(=O)C2Br)cc1. The Labute approximate surface area is 107 Å². The summed E-state index contributed by atoms with van der Waals surface area (Å²) in [4.78, 5) is 22.5. The molecular weight excluding hydrogens is 286 g/mol. The molecule has 1 aliphatic rings. The number of rotatable bonds is 3. The molecule has 1 aromatic rings. The fourth-order valence-electron chi connectivity index (χ4n) is 1.81. The van der Waals surface area contributed by atoms with Crippen molar-refractivity contribution in [1.82, 2.24) is 5.32 Å². The molecule has 90 valence electrons. The highest BCUT2D eigenvalue weighted by Crippen LogP contribution is 2.30. The summed E-state index contributed by atoms with van der Waals surface area (Å²) < 4.78 is 5.32. The summed E-state index contributed by atoms with van der Waals surface area (Å²) in [6.45, 7) is 2.51. The summed E-state index contributed by atoms with van der Waals surface area (Å²) in [6, 6.07) is 7.22. The Kier molecular flexibility index (Phi) is 3.47. The van der Waals surface area contributed by atoms with Crippen molar-refractivity contribution in [1.29, 1.82) is 0 Å². The first kappa shape index (κ1) is 12.1. The lowest BCUT2D eigenvalue weighted by Gasteiger charge is -2.11. The van der Waals surface area contributed by atoms with Crippen molar-refractivity contribution in [3.63, 3.8) is 0 Å². The summed E-state index contributed by atoms with van der Waals surface area (Å²) in [5.74, 6) is -0.250. The molecule has 0 radical (unpaired) electrons. The fourth-order valence-corrected chi connectivity index (χ4v) is 2.47. The van der Waals surface area contributed by atoms with Crippen LogP contribution in [0, 0.1) is 0 Å². The molecule has 1 aromatic carbocycles. The van der Waals surface area contributed by atoms with Crippen molar-refractivity contribution in [3.05, 3.63) is 29.8 Å². The first-order chi connectivity index (χ1) is 8.13. The van der Waals surface area contributed by atoms with Gasteiger partial charge < -0.3 is 4.74 Å². The summed E-state index contributed by atoms with van der Waals surface area (Å²) in [5, 5.41) is 2.30. The van der Waals surface area contributed by atoms with Crippen LogP contribution in [0.25, 0.3) is 0 Å². The van der Waals surface area contributed by atoms with Crippen molar-refractivity contribution >= 4 is 27.7 Å². The van der Waals surface area contributed by atoms with Crippen molar-refractivity contribution in [2.45, 2.75) is 17.7 Å². The molecule has 2 atom stereocenters. The van der Waals surface area contributed by atoms with Gasteiger partial charge in [0.1, 0.15) is 10.6 Å². The van der Waals surface area contributed by atoms with Gasteiger partial charge in [0.05, 0.1) is 12.5 Å². The number of hydrogen-bond donors (Lipinski definition) is 1. The molecule has 5 heteroatoms. The molecule has 0 aliphatic carbocycles. The van der Waals surface area contributed by atoms with E-state index in [2.05, 4.69) is 21.2 Å². The van der Waals surface area contributed by atoms with E-state index < -0.39 is 10.7 Å². The third-order valence-electron chi connectivity index (χ3n) is 2.62. The zero-order valence-corrected chi connectivity index (χ0v) is 10.9. The zero-order chi connectivity index (χ0) is 12.4. The van der Waals surface area contributed by atoms with Crippen LogP contribution in [0.3, 0.4) is 0 Å². The van der Waals surface area contributed by atoms with Gasteiger partial charge in [0.15, 0.2) is 0 Å². The molecule has 0 saturated carbocycles. The Morgan fingerprint density at radius 1 is 1.24 bits per heavy atom. The first-order valence-corrected chi connectivity index (χ1v) is 6.26. The van der Waals surface area contributed by atoms with E-state index in [9.17, 15) is 9.59 Å². The van der Waals surface area contributed by atoms with Crippen LogP contribution in [0.2, 0.25) is 0 Å². The molecule has 2 rings (SSSR count). The molecule has 1 N–H and O–H groups in total. The molecule has 1 saturated heterocycles. The summed E-state index contributed by atoms with van der Waals surface area (Å²) >= 11 is 3.23. The van der Waals surface area contributed by atoms with Gasteiger partial charge in [0.25, 0.3) is 0 Å². The van der Waals surface area contributed by atoms with Crippen LogP contribution in [0.4, 0.5) is 0 Å². The molecule has 1 heterocycles. The van der Waals surface area contributed by atoms with Gasteiger partial charge >= 0.3 is 0 Å². The predicted molar refractivity (Wildman–Crippen MR) is 66.2 cm³/mol. The van der Waals surface area contributed by atoms with Gasteiger partial charge in [0.2, 0.25) is 11.8 Å². The molecule has 2 amide bonds. The first-order valence-electron chi connectivity index (χ1n) is 5.35. The molecule has 17 heavy (non-hydrogen) atoms. The Bertz CT molecular complexity index is 444. The molecular formula is C12H12BrNO3. The average Bonchev–Trinajstić information content (AvgIpc) is 2.55. The van der Waals surface area contributed by atoms with Gasteiger partial charge in [-0.3, -0.25) is 14.9 Å². The minimum absolute atomic E-state index is 0.263. The van der Waals surface area contributed by atoms with E-state index in [1.54, 1.807) is 12.1 Å². The van der Waals surface area contributed by atoms with Crippen LogP contribution in [0.1, 0.15) is 18.4 Å². The fraction of sp³-hybridized carbons (Fsp3) is 0.333. The van der Waals surface area contributed by atoms with E-state index in [0.717, 1.165) is 11.3 Å². The van der Waals surface area contributed by atoms with Gasteiger partial charge in [-0.1, -0.05) is 28.1 Å². The Morgan fingerprint density at radius 2 is 1.88 bits per heavy atom. The van der Waals surface area contributed by atoms with E-state index in [-0.39, 0.29) is 11.8 Å². The maximum Gasteiger partial charge on any atom is 0.241 e. The van der Waals surface area contributed by atoms with Crippen LogP contribution in [-0.2, 0) is 9.59 Å². The van der Waals surface area contributed by atoms with Crippen molar-refractivity contribution < 1.29 is 14.3 Å². The van der Waals surface area contributed by atoms with Crippen molar-refractivity contribution in [2.24, 2.45) is 0 Å². The third kappa shape index (κ3) is 2.34. The molecule has 0 bridgehead atoms. The molecule has 1 fully saturated rings. The van der Waals surface area contributed by atoms with Crippen LogP contribution >= 0.6 is 15.9 Å². The average molecular weight is 298 g/mol. The highest BCUT2D eigenvalue weighted by atomic mass is 79.9. The molecule has 2 unspecified atom stereocenters. The topological polar surface area (TPSA) is 55.4 Å². The maximum absolute atomic E-state index is 11.6. The van der Waals surface area contributed by atoms with E-state index in [0.29, 0.717) is 6.61 Å². The van der Waals surface area contributed by atoms with Gasteiger partial charge in [-0.05, 0) is 24.6 Å². The molecule has 0 spiro atoms. The maximum atomic E-state index is 11.6. The second-order valence-corrected chi connectivity index (χ2v) is 4.72. The molecule has 4 nitrogen and oxygen atoms in total. The van der Waals surface area contributed by atoms with Crippen LogP contribution in [-0.4, -0.2) is 23.2 Å². The lowest BCUT2D eigenvalue weighted by Crippen LogP contribution is -2.22. The van der Waals surface area contributed by atoms with Gasteiger partial charge in [-0.25, -0.2) is 0 Å². The van der Waals surface area contributed by atoms with E-state index >= 15 is 0 Å². The Morgan fingerprint density at radius 3 is 2.35 bits per heavy atom. The minimum Gasteiger partial charge on any atom is -0.494 e. The number of imide groups is 1. The highest BCUT2D eigenvalue weighted by Gasteiger charge is 2.40. The smallest absolute Gasteiger partial charge is 0.241 e. The predicted octanol–water partition coefficient (Wildman–Crippen LogP) is 1.59. The van der Waals surface area contributed by atoms with Gasteiger partial charge in [-0.15, -0.1) is 0 Å². The van der Waals surface area contributed by atoms with E-state index in [4.69, 9.17) is 4.74 Å².